The van der Waals surface area contributed by atoms with E-state index in [1.54, 1.807) is 0 Å². The molecule has 0 spiro atoms. The summed E-state index contributed by atoms with van der Waals surface area (Å²) < 4.78 is 6.84. The molecule has 3 aromatic carbocycles. The summed E-state index contributed by atoms with van der Waals surface area (Å²) in [4.78, 5) is 1.31. The molecule has 0 N–H and O–H groups in total. The summed E-state index contributed by atoms with van der Waals surface area (Å²) in [5.41, 5.74) is 8.04. The van der Waals surface area contributed by atoms with Gasteiger partial charge in [0.15, 0.2) is 0 Å². The van der Waals surface area contributed by atoms with Crippen molar-refractivity contribution in [3.8, 4) is 0 Å². The van der Waals surface area contributed by atoms with Gasteiger partial charge in [-0.25, -0.2) is 0 Å². The summed E-state index contributed by atoms with van der Waals surface area (Å²) in [7, 11) is -1.36. The zero-order valence-electron chi connectivity index (χ0n) is 21.2. The minimum absolute atomic E-state index is 0.374. The van der Waals surface area contributed by atoms with E-state index in [-0.39, 0.29) is 0 Å². The van der Waals surface area contributed by atoms with Gasteiger partial charge in [-0.1, -0.05) is 72.7 Å². The number of hydrogen-bond acceptors (Lipinski definition) is 2. The molecule has 3 aromatic rings. The van der Waals surface area contributed by atoms with Gasteiger partial charge in [-0.3, -0.25) is 0 Å². The van der Waals surface area contributed by atoms with Crippen LogP contribution in [-0.4, -0.2) is 21.4 Å². The van der Waals surface area contributed by atoms with E-state index in [0.29, 0.717) is 5.92 Å². The van der Waals surface area contributed by atoms with E-state index < -0.39 is 9.04 Å². The highest BCUT2D eigenvalue weighted by Gasteiger charge is 2.27. The van der Waals surface area contributed by atoms with Crippen LogP contribution in [0.1, 0.15) is 40.3 Å². The minimum atomic E-state index is -1.36. The Bertz CT molecular complexity index is 1000. The Kier molecular flexibility index (Phi) is 9.19. The number of rotatable bonds is 9. The minimum Gasteiger partial charge on any atom is -0.407 e. The van der Waals surface area contributed by atoms with Crippen molar-refractivity contribution < 1.29 is 4.43 Å². The first-order valence-corrected chi connectivity index (χ1v) is 14.2. The predicted octanol–water partition coefficient (Wildman–Crippen LogP) is 6.64. The third-order valence-electron chi connectivity index (χ3n) is 5.85. The zero-order valence-corrected chi connectivity index (χ0v) is 23.0. The maximum absolute atomic E-state index is 6.84. The molecule has 1 radical (unpaired) electrons. The van der Waals surface area contributed by atoms with Crippen LogP contribution >= 0.6 is 11.8 Å². The van der Waals surface area contributed by atoms with E-state index in [1.165, 1.54) is 48.6 Å². The summed E-state index contributed by atoms with van der Waals surface area (Å²) in [6, 6.07) is 19.8. The fourth-order valence-corrected chi connectivity index (χ4v) is 8.00. The van der Waals surface area contributed by atoms with Gasteiger partial charge in [0.1, 0.15) is 0 Å². The molecule has 173 valence electrons. The molecule has 0 fully saturated rings. The summed E-state index contributed by atoms with van der Waals surface area (Å²) in [5, 5.41) is 2.83. The third-order valence-corrected chi connectivity index (χ3v) is 9.76. The highest BCUT2D eigenvalue weighted by Crippen LogP contribution is 2.18. The van der Waals surface area contributed by atoms with Crippen molar-refractivity contribution >= 4 is 31.2 Å². The SMILES string of the molecule is Cc1cc(C)c([Si](OCC(C)/C=C/CSc2ccccc2)c2c(C)cc(C)cc2C)c(C)c1. The van der Waals surface area contributed by atoms with Crippen molar-refractivity contribution in [1.82, 2.24) is 0 Å². The van der Waals surface area contributed by atoms with E-state index in [9.17, 15) is 0 Å². The van der Waals surface area contributed by atoms with Crippen LogP contribution in [0, 0.1) is 47.5 Å². The van der Waals surface area contributed by atoms with Crippen LogP contribution in [0.15, 0.2) is 71.6 Å². The molecule has 1 unspecified atom stereocenters. The van der Waals surface area contributed by atoms with Gasteiger partial charge in [-0.15, -0.1) is 11.8 Å². The molecule has 0 amide bonds. The molecule has 3 heteroatoms. The van der Waals surface area contributed by atoms with E-state index in [2.05, 4.69) is 115 Å². The van der Waals surface area contributed by atoms with Crippen LogP contribution in [0.2, 0.25) is 0 Å². The summed E-state index contributed by atoms with van der Waals surface area (Å²) >= 11 is 1.87. The van der Waals surface area contributed by atoms with E-state index in [4.69, 9.17) is 4.43 Å². The molecule has 0 aliphatic carbocycles. The van der Waals surface area contributed by atoms with Crippen LogP contribution in [0.3, 0.4) is 0 Å². The van der Waals surface area contributed by atoms with Crippen molar-refractivity contribution in [2.45, 2.75) is 53.4 Å². The maximum Gasteiger partial charge on any atom is 0.284 e. The second-order valence-electron chi connectivity index (χ2n) is 9.22. The first-order chi connectivity index (χ1) is 15.8. The molecule has 0 saturated heterocycles. The molecule has 0 saturated carbocycles. The van der Waals surface area contributed by atoms with Crippen LogP contribution in [-0.2, 0) is 4.43 Å². The summed E-state index contributed by atoms with van der Waals surface area (Å²) in [6.45, 7) is 16.3. The Hall–Kier alpha value is -2.07. The van der Waals surface area contributed by atoms with Crippen LogP contribution < -0.4 is 10.4 Å². The Morgan fingerprint density at radius 3 is 1.76 bits per heavy atom. The highest BCUT2D eigenvalue weighted by molar-refractivity contribution is 7.99. The molecule has 0 bridgehead atoms. The Labute approximate surface area is 207 Å². The van der Waals surface area contributed by atoms with Crippen molar-refractivity contribution in [3.63, 3.8) is 0 Å². The molecule has 1 atom stereocenters. The van der Waals surface area contributed by atoms with Crippen molar-refractivity contribution in [2.75, 3.05) is 12.4 Å². The molecule has 0 heterocycles. The fourth-order valence-electron chi connectivity index (χ4n) is 4.56. The Morgan fingerprint density at radius 1 is 0.788 bits per heavy atom. The molecule has 3 rings (SSSR count). The first kappa shape index (κ1) is 25.5. The molecule has 0 aromatic heterocycles. The number of thioether (sulfide) groups is 1. The number of hydrogen-bond donors (Lipinski definition) is 0. The van der Waals surface area contributed by atoms with Crippen molar-refractivity contribution in [3.05, 3.63) is 100 Å². The second kappa shape index (κ2) is 11.9. The van der Waals surface area contributed by atoms with Crippen molar-refractivity contribution in [1.29, 1.82) is 0 Å². The van der Waals surface area contributed by atoms with Gasteiger partial charge in [-0.05, 0) is 92.2 Å². The lowest BCUT2D eigenvalue weighted by molar-refractivity contribution is 0.297. The van der Waals surface area contributed by atoms with E-state index >= 15 is 0 Å². The maximum atomic E-state index is 6.84. The number of aryl methyl sites for hydroxylation is 6. The first-order valence-electron chi connectivity index (χ1n) is 11.8. The smallest absolute Gasteiger partial charge is 0.284 e. The van der Waals surface area contributed by atoms with Gasteiger partial charge < -0.3 is 4.43 Å². The molecular formula is C30H37OSSi. The van der Waals surface area contributed by atoms with Crippen LogP contribution in [0.4, 0.5) is 0 Å². The van der Waals surface area contributed by atoms with Gasteiger partial charge in [0, 0.05) is 17.3 Å². The quantitative estimate of drug-likeness (QED) is 0.196. The largest absolute Gasteiger partial charge is 0.407 e. The van der Waals surface area contributed by atoms with Crippen LogP contribution in [0.5, 0.6) is 0 Å². The van der Waals surface area contributed by atoms with Crippen molar-refractivity contribution in [2.24, 2.45) is 5.92 Å². The summed E-state index contributed by atoms with van der Waals surface area (Å²) in [5.74, 6) is 1.36. The lowest BCUT2D eigenvalue weighted by Crippen LogP contribution is -2.50. The van der Waals surface area contributed by atoms with E-state index in [1.807, 2.05) is 11.8 Å². The average Bonchev–Trinajstić information content (AvgIpc) is 2.74. The predicted molar refractivity (Wildman–Crippen MR) is 148 cm³/mol. The third kappa shape index (κ3) is 6.96. The normalized spacial score (nSPS) is 12.6. The van der Waals surface area contributed by atoms with Gasteiger partial charge in [-0.2, -0.15) is 0 Å². The molecule has 1 nitrogen and oxygen atoms in total. The zero-order chi connectivity index (χ0) is 24.0. The van der Waals surface area contributed by atoms with E-state index in [0.717, 1.165) is 12.4 Å². The van der Waals surface area contributed by atoms with Gasteiger partial charge >= 0.3 is 0 Å². The lowest BCUT2D eigenvalue weighted by atomic mass is 10.1. The molecule has 33 heavy (non-hydrogen) atoms. The Balaban J connectivity index is 1.79. The second-order valence-corrected chi connectivity index (χ2v) is 12.3. The summed E-state index contributed by atoms with van der Waals surface area (Å²) in [6.07, 6.45) is 4.59. The monoisotopic (exact) mass is 473 g/mol. The van der Waals surface area contributed by atoms with Gasteiger partial charge in [0.05, 0.1) is 0 Å². The fraction of sp³-hybridized carbons (Fsp3) is 0.333. The number of benzene rings is 3. The lowest BCUT2D eigenvalue weighted by Gasteiger charge is -2.25. The Morgan fingerprint density at radius 2 is 1.27 bits per heavy atom. The average molecular weight is 474 g/mol. The standard InChI is InChI=1S/C30H37OSSi/c1-21(12-11-15-32-28-13-9-8-10-14-28)20-31-33(29-24(4)16-22(2)17-25(29)5)30-26(6)18-23(3)19-27(30)7/h8-14,16-19,21H,15,20H2,1-7H3/b12-11+. The van der Waals surface area contributed by atoms with Gasteiger partial charge in [0.2, 0.25) is 0 Å². The molecule has 0 aliphatic heterocycles. The van der Waals surface area contributed by atoms with Gasteiger partial charge in [0.25, 0.3) is 9.04 Å². The molecule has 0 aliphatic rings. The highest BCUT2D eigenvalue weighted by atomic mass is 32.2. The molecular weight excluding hydrogens is 436 g/mol. The van der Waals surface area contributed by atoms with Crippen LogP contribution in [0.25, 0.3) is 0 Å². The topological polar surface area (TPSA) is 9.23 Å².